The van der Waals surface area contributed by atoms with Crippen molar-refractivity contribution in [1.82, 2.24) is 5.32 Å². The topological polar surface area (TPSA) is 38.3 Å². The maximum atomic E-state index is 12.0. The van der Waals surface area contributed by atoms with Crippen molar-refractivity contribution in [2.45, 2.75) is 20.3 Å². The Kier molecular flexibility index (Phi) is 4.93. The molecule has 1 aromatic heterocycles. The van der Waals surface area contributed by atoms with Crippen molar-refractivity contribution in [3.05, 3.63) is 45.6 Å². The van der Waals surface area contributed by atoms with Gasteiger partial charge in [-0.3, -0.25) is 4.79 Å². The first-order valence-electron chi connectivity index (χ1n) is 6.62. The Hall–Kier alpha value is -1.65. The van der Waals surface area contributed by atoms with E-state index < -0.39 is 0 Å². The Morgan fingerprint density at radius 3 is 2.60 bits per heavy atom. The van der Waals surface area contributed by atoms with Crippen molar-refractivity contribution in [3.63, 3.8) is 0 Å². The largest absolute Gasteiger partial charge is 0.364 e. The summed E-state index contributed by atoms with van der Waals surface area (Å²) in [5.41, 5.74) is 3.55. The van der Waals surface area contributed by atoms with Gasteiger partial charge in [-0.05, 0) is 30.5 Å². The van der Waals surface area contributed by atoms with E-state index in [0.29, 0.717) is 0 Å². The molecule has 4 heteroatoms. The summed E-state index contributed by atoms with van der Waals surface area (Å²) in [7, 11) is 1.56. The molecule has 1 heterocycles. The molecule has 2 aromatic rings. The molecule has 1 amide bonds. The van der Waals surface area contributed by atoms with Gasteiger partial charge in [-0.2, -0.15) is 0 Å². The summed E-state index contributed by atoms with van der Waals surface area (Å²) in [6.07, 6.45) is 0.922. The molecule has 0 fully saturated rings. The molecule has 0 bridgehead atoms. The van der Waals surface area contributed by atoms with E-state index >= 15 is 0 Å². The lowest BCUT2D eigenvalue weighted by molar-refractivity contribution is 0.0876. The molecule has 0 aliphatic rings. The Balaban J connectivity index is 2.31. The fraction of sp³-hybridized carbons (Fsp3) is 0.312. The van der Waals surface area contributed by atoms with E-state index in [1.165, 1.54) is 10.4 Å². The number of benzene rings is 1. The summed E-state index contributed by atoms with van der Waals surface area (Å²) >= 11 is 1.55. The second-order valence-electron chi connectivity index (χ2n) is 4.61. The molecule has 0 aliphatic heterocycles. The van der Waals surface area contributed by atoms with Crippen molar-refractivity contribution in [1.29, 1.82) is 0 Å². The molecule has 1 aromatic carbocycles. The zero-order chi connectivity index (χ0) is 14.5. The van der Waals surface area contributed by atoms with Crippen LogP contribution >= 0.6 is 11.3 Å². The van der Waals surface area contributed by atoms with Crippen molar-refractivity contribution in [2.75, 3.05) is 13.8 Å². The van der Waals surface area contributed by atoms with Crippen molar-refractivity contribution >= 4 is 17.2 Å². The standard InChI is InChI=1S/C16H19NO2S/c1-4-14-13(12-7-5-11(2)6-8-12)9-15(20-14)16(18)17-10-19-3/h5-9H,4,10H2,1-3H3,(H,17,18). The molecule has 0 atom stereocenters. The number of methoxy groups -OCH3 is 1. The smallest absolute Gasteiger partial charge is 0.263 e. The molecule has 3 nitrogen and oxygen atoms in total. The molecule has 0 spiro atoms. The van der Waals surface area contributed by atoms with Gasteiger partial charge in [0, 0.05) is 12.0 Å². The van der Waals surface area contributed by atoms with Gasteiger partial charge < -0.3 is 10.1 Å². The predicted octanol–water partition coefficient (Wildman–Crippen LogP) is 3.62. The molecule has 106 valence electrons. The van der Waals surface area contributed by atoms with E-state index in [1.807, 2.05) is 6.07 Å². The highest BCUT2D eigenvalue weighted by molar-refractivity contribution is 7.14. The minimum atomic E-state index is -0.0788. The molecular formula is C16H19NO2S. The van der Waals surface area contributed by atoms with Crippen molar-refractivity contribution < 1.29 is 9.53 Å². The summed E-state index contributed by atoms with van der Waals surface area (Å²) in [4.78, 5) is 14.0. The minimum Gasteiger partial charge on any atom is -0.364 e. The highest BCUT2D eigenvalue weighted by Gasteiger charge is 2.14. The Bertz CT molecular complexity index is 587. The third kappa shape index (κ3) is 3.26. The van der Waals surface area contributed by atoms with Crippen LogP contribution < -0.4 is 5.32 Å². The molecule has 0 saturated heterocycles. The van der Waals surface area contributed by atoms with Crippen LogP contribution in [-0.2, 0) is 11.2 Å². The first kappa shape index (κ1) is 14.8. The molecule has 20 heavy (non-hydrogen) atoms. The summed E-state index contributed by atoms with van der Waals surface area (Å²) in [5, 5.41) is 2.72. The summed E-state index contributed by atoms with van der Waals surface area (Å²) in [6, 6.07) is 10.4. The number of aryl methyl sites for hydroxylation is 2. The van der Waals surface area contributed by atoms with E-state index in [1.54, 1.807) is 18.4 Å². The normalized spacial score (nSPS) is 10.6. The van der Waals surface area contributed by atoms with Gasteiger partial charge in [0.05, 0.1) is 4.88 Å². The highest BCUT2D eigenvalue weighted by Crippen LogP contribution is 2.32. The molecule has 0 unspecified atom stereocenters. The van der Waals surface area contributed by atoms with E-state index in [0.717, 1.165) is 22.4 Å². The Morgan fingerprint density at radius 1 is 1.30 bits per heavy atom. The molecule has 0 radical (unpaired) electrons. The van der Waals surface area contributed by atoms with Crippen LogP contribution in [0, 0.1) is 6.92 Å². The molecule has 0 saturated carbocycles. The van der Waals surface area contributed by atoms with Gasteiger partial charge >= 0.3 is 0 Å². The number of carbonyl (C=O) groups excluding carboxylic acids is 1. The number of hydrogen-bond donors (Lipinski definition) is 1. The number of carbonyl (C=O) groups is 1. The number of thiophene rings is 1. The number of amides is 1. The Morgan fingerprint density at radius 2 is 2.00 bits per heavy atom. The Labute approximate surface area is 123 Å². The fourth-order valence-corrected chi connectivity index (χ4v) is 3.04. The number of hydrogen-bond acceptors (Lipinski definition) is 3. The first-order chi connectivity index (χ1) is 9.65. The number of nitrogens with one attached hydrogen (secondary N) is 1. The van der Waals surface area contributed by atoms with Crippen molar-refractivity contribution in [2.24, 2.45) is 0 Å². The lowest BCUT2D eigenvalue weighted by Gasteiger charge is -2.02. The van der Waals surface area contributed by atoms with Gasteiger partial charge in [0.2, 0.25) is 0 Å². The van der Waals surface area contributed by atoms with Crippen LogP contribution in [0.15, 0.2) is 30.3 Å². The maximum Gasteiger partial charge on any atom is 0.263 e. The molecular weight excluding hydrogens is 270 g/mol. The average Bonchev–Trinajstić information content (AvgIpc) is 2.90. The van der Waals surface area contributed by atoms with Crippen LogP contribution in [0.3, 0.4) is 0 Å². The lowest BCUT2D eigenvalue weighted by atomic mass is 10.0. The minimum absolute atomic E-state index is 0.0788. The summed E-state index contributed by atoms with van der Waals surface area (Å²) in [5.74, 6) is -0.0788. The average molecular weight is 289 g/mol. The zero-order valence-electron chi connectivity index (χ0n) is 12.0. The van der Waals surface area contributed by atoms with Gasteiger partial charge in [0.15, 0.2) is 0 Å². The zero-order valence-corrected chi connectivity index (χ0v) is 12.8. The predicted molar refractivity (Wildman–Crippen MR) is 83.2 cm³/mol. The van der Waals surface area contributed by atoms with E-state index in [4.69, 9.17) is 4.74 Å². The quantitative estimate of drug-likeness (QED) is 0.854. The lowest BCUT2D eigenvalue weighted by Crippen LogP contribution is -2.24. The van der Waals surface area contributed by atoms with Gasteiger partial charge in [-0.15, -0.1) is 11.3 Å². The van der Waals surface area contributed by atoms with E-state index in [9.17, 15) is 4.79 Å². The third-order valence-electron chi connectivity index (χ3n) is 3.09. The SMILES string of the molecule is CCc1sc(C(=O)NCOC)cc1-c1ccc(C)cc1. The van der Waals surface area contributed by atoms with Crippen LogP contribution in [-0.4, -0.2) is 19.7 Å². The van der Waals surface area contributed by atoms with E-state index in [-0.39, 0.29) is 12.6 Å². The van der Waals surface area contributed by atoms with Crippen molar-refractivity contribution in [3.8, 4) is 11.1 Å². The van der Waals surface area contributed by atoms with Crippen LogP contribution in [0.4, 0.5) is 0 Å². The van der Waals surface area contributed by atoms with Gasteiger partial charge in [0.25, 0.3) is 5.91 Å². The second-order valence-corrected chi connectivity index (χ2v) is 5.74. The molecule has 1 N–H and O–H groups in total. The third-order valence-corrected chi connectivity index (χ3v) is 4.37. The van der Waals surface area contributed by atoms with Gasteiger partial charge in [-0.1, -0.05) is 36.8 Å². The molecule has 2 rings (SSSR count). The number of ether oxygens (including phenoxy) is 1. The monoisotopic (exact) mass is 289 g/mol. The molecule has 0 aliphatic carbocycles. The summed E-state index contributed by atoms with van der Waals surface area (Å²) in [6.45, 7) is 4.42. The second kappa shape index (κ2) is 6.68. The van der Waals surface area contributed by atoms with E-state index in [2.05, 4.69) is 43.4 Å². The highest BCUT2D eigenvalue weighted by atomic mass is 32.1. The summed E-state index contributed by atoms with van der Waals surface area (Å²) < 4.78 is 4.87. The van der Waals surface area contributed by atoms with Gasteiger partial charge in [0.1, 0.15) is 6.73 Å². The van der Waals surface area contributed by atoms with Crippen LogP contribution in [0.1, 0.15) is 27.0 Å². The first-order valence-corrected chi connectivity index (χ1v) is 7.44. The maximum absolute atomic E-state index is 12.0. The van der Waals surface area contributed by atoms with Crippen LogP contribution in [0.5, 0.6) is 0 Å². The van der Waals surface area contributed by atoms with Crippen LogP contribution in [0.25, 0.3) is 11.1 Å². The number of rotatable bonds is 5. The van der Waals surface area contributed by atoms with Gasteiger partial charge in [-0.25, -0.2) is 0 Å². The fourth-order valence-electron chi connectivity index (χ4n) is 2.01. The van der Waals surface area contributed by atoms with Crippen LogP contribution in [0.2, 0.25) is 0 Å².